The Morgan fingerprint density at radius 3 is 3.00 bits per heavy atom. The summed E-state index contributed by atoms with van der Waals surface area (Å²) < 4.78 is 12.2. The van der Waals surface area contributed by atoms with Crippen molar-refractivity contribution in [2.24, 2.45) is 0 Å². The molecule has 2 aliphatic heterocycles. The van der Waals surface area contributed by atoms with Gasteiger partial charge in [-0.05, 0) is 24.1 Å². The fourth-order valence-electron chi connectivity index (χ4n) is 3.24. The monoisotopic (exact) mass is 330 g/mol. The minimum atomic E-state index is -0.612. The zero-order valence-corrected chi connectivity index (χ0v) is 13.0. The van der Waals surface area contributed by atoms with Crippen LogP contribution in [0.1, 0.15) is 17.9 Å². The van der Waals surface area contributed by atoms with Gasteiger partial charge in [-0.1, -0.05) is 6.07 Å². The van der Waals surface area contributed by atoms with Gasteiger partial charge in [0.2, 0.25) is 12.7 Å². The number of β-amino-alcohol motifs (C(OH)–C–C–N with tert-alkyl or cyclic N) is 1. The summed E-state index contributed by atoms with van der Waals surface area (Å²) in [6.45, 7) is 1.29. The van der Waals surface area contributed by atoms with Gasteiger partial charge in [-0.25, -0.2) is 9.67 Å². The second-order valence-electron chi connectivity index (χ2n) is 6.01. The van der Waals surface area contributed by atoms with Gasteiger partial charge >= 0.3 is 0 Å². The highest BCUT2D eigenvalue weighted by Crippen LogP contribution is 2.37. The Hall–Kier alpha value is -2.61. The van der Waals surface area contributed by atoms with Crippen molar-refractivity contribution in [2.75, 3.05) is 19.9 Å². The quantitative estimate of drug-likeness (QED) is 0.875. The first kappa shape index (κ1) is 14.9. The van der Waals surface area contributed by atoms with Gasteiger partial charge in [0.1, 0.15) is 19.2 Å². The van der Waals surface area contributed by atoms with E-state index in [1.807, 2.05) is 18.2 Å². The van der Waals surface area contributed by atoms with Crippen LogP contribution in [0.2, 0.25) is 0 Å². The van der Waals surface area contributed by atoms with Crippen molar-refractivity contribution in [2.45, 2.75) is 25.0 Å². The van der Waals surface area contributed by atoms with Crippen molar-refractivity contribution in [1.29, 1.82) is 0 Å². The van der Waals surface area contributed by atoms with E-state index in [9.17, 15) is 9.90 Å². The first-order valence-corrected chi connectivity index (χ1v) is 7.88. The van der Waals surface area contributed by atoms with Crippen LogP contribution in [0.5, 0.6) is 11.5 Å². The number of carbonyl (C=O) groups excluding carboxylic acids is 1. The third kappa shape index (κ3) is 2.80. The van der Waals surface area contributed by atoms with Gasteiger partial charge < -0.3 is 19.5 Å². The predicted molar refractivity (Wildman–Crippen MR) is 82.5 cm³/mol. The molecule has 1 aromatic carbocycles. The molecule has 8 nitrogen and oxygen atoms in total. The van der Waals surface area contributed by atoms with Crippen LogP contribution in [0.15, 0.2) is 30.9 Å². The normalized spacial score (nSPS) is 22.6. The number of carbonyl (C=O) groups is 1. The largest absolute Gasteiger partial charge is 0.454 e. The maximum absolute atomic E-state index is 12.3. The fraction of sp³-hybridized carbons (Fsp3) is 0.438. The Kier molecular flexibility index (Phi) is 3.81. The molecule has 1 aromatic heterocycles. The summed E-state index contributed by atoms with van der Waals surface area (Å²) in [6.07, 6.45) is 2.99. The molecule has 126 valence electrons. The van der Waals surface area contributed by atoms with Crippen LogP contribution in [0, 0.1) is 0 Å². The molecule has 8 heteroatoms. The number of hydrogen-bond acceptors (Lipinski definition) is 6. The van der Waals surface area contributed by atoms with Crippen LogP contribution < -0.4 is 9.47 Å². The van der Waals surface area contributed by atoms with E-state index >= 15 is 0 Å². The second-order valence-corrected chi connectivity index (χ2v) is 6.01. The van der Waals surface area contributed by atoms with E-state index in [-0.39, 0.29) is 25.2 Å². The Bertz CT molecular complexity index is 734. The number of nitrogens with zero attached hydrogens (tertiary/aromatic N) is 4. The number of piperidine rings is 1. The molecule has 1 amide bonds. The number of amides is 1. The molecule has 0 radical (unpaired) electrons. The van der Waals surface area contributed by atoms with Crippen LogP contribution in [0.25, 0.3) is 0 Å². The van der Waals surface area contributed by atoms with Gasteiger partial charge in [0.25, 0.3) is 0 Å². The lowest BCUT2D eigenvalue weighted by atomic mass is 9.87. The standard InChI is InChI=1S/C16H18N4O4/c21-13-6-19(16(22)7-20-9-17-8-18-20)4-3-12(13)11-1-2-14-15(5-11)24-10-23-14/h1-2,5,8-9,12-13,21H,3-4,6-7,10H2/t12-,13+/m0/s1. The average Bonchev–Trinajstić information content (AvgIpc) is 3.25. The molecule has 0 aliphatic carbocycles. The molecule has 2 aromatic rings. The molecule has 1 fully saturated rings. The first-order valence-electron chi connectivity index (χ1n) is 7.88. The smallest absolute Gasteiger partial charge is 0.244 e. The number of hydrogen-bond donors (Lipinski definition) is 1. The van der Waals surface area contributed by atoms with Gasteiger partial charge in [-0.15, -0.1) is 0 Å². The van der Waals surface area contributed by atoms with E-state index in [1.54, 1.807) is 4.90 Å². The highest BCUT2D eigenvalue weighted by Gasteiger charge is 2.32. The van der Waals surface area contributed by atoms with E-state index in [0.29, 0.717) is 25.3 Å². The number of aromatic nitrogens is 3. The first-order chi connectivity index (χ1) is 11.7. The molecule has 1 saturated heterocycles. The van der Waals surface area contributed by atoms with E-state index in [4.69, 9.17) is 9.47 Å². The number of likely N-dealkylation sites (tertiary alicyclic amines) is 1. The molecule has 0 bridgehead atoms. The molecule has 0 unspecified atom stereocenters. The molecular weight excluding hydrogens is 312 g/mol. The number of ether oxygens (including phenoxy) is 2. The van der Waals surface area contributed by atoms with Gasteiger partial charge in [-0.2, -0.15) is 5.10 Å². The molecule has 0 spiro atoms. The van der Waals surface area contributed by atoms with E-state index in [0.717, 1.165) is 11.3 Å². The fourth-order valence-corrected chi connectivity index (χ4v) is 3.24. The van der Waals surface area contributed by atoms with E-state index in [2.05, 4.69) is 10.1 Å². The minimum Gasteiger partial charge on any atom is -0.454 e. The Labute approximate surface area is 138 Å². The van der Waals surface area contributed by atoms with Crippen molar-refractivity contribution in [3.63, 3.8) is 0 Å². The maximum atomic E-state index is 12.3. The summed E-state index contributed by atoms with van der Waals surface area (Å²) in [5, 5.41) is 14.5. The molecule has 1 N–H and O–H groups in total. The maximum Gasteiger partial charge on any atom is 0.244 e. The summed E-state index contributed by atoms with van der Waals surface area (Å²) >= 11 is 0. The van der Waals surface area contributed by atoms with Crippen molar-refractivity contribution < 1.29 is 19.4 Å². The molecule has 4 rings (SSSR count). The summed E-state index contributed by atoms with van der Waals surface area (Å²) in [7, 11) is 0. The average molecular weight is 330 g/mol. The van der Waals surface area contributed by atoms with Crippen LogP contribution in [0.3, 0.4) is 0 Å². The van der Waals surface area contributed by atoms with Crippen LogP contribution >= 0.6 is 0 Å². The lowest BCUT2D eigenvalue weighted by molar-refractivity contribution is -0.135. The molecule has 24 heavy (non-hydrogen) atoms. The molecule has 3 heterocycles. The Morgan fingerprint density at radius 2 is 2.21 bits per heavy atom. The summed E-state index contributed by atoms with van der Waals surface area (Å²) in [6, 6.07) is 5.74. The van der Waals surface area contributed by atoms with Gasteiger partial charge in [0, 0.05) is 19.0 Å². The van der Waals surface area contributed by atoms with Crippen molar-refractivity contribution in [3.8, 4) is 11.5 Å². The van der Waals surface area contributed by atoms with Gasteiger partial charge in [-0.3, -0.25) is 4.79 Å². The number of benzene rings is 1. The van der Waals surface area contributed by atoms with E-state index in [1.165, 1.54) is 17.3 Å². The highest BCUT2D eigenvalue weighted by atomic mass is 16.7. The Balaban J connectivity index is 1.42. The van der Waals surface area contributed by atoms with E-state index < -0.39 is 6.10 Å². The number of aliphatic hydroxyl groups excluding tert-OH is 1. The Morgan fingerprint density at radius 1 is 1.33 bits per heavy atom. The molecule has 2 aliphatic rings. The van der Waals surface area contributed by atoms with Gasteiger partial charge in [0.15, 0.2) is 11.5 Å². The predicted octanol–water partition coefficient (Wildman–Crippen LogP) is 0.384. The number of fused-ring (bicyclic) bond motifs is 1. The third-order valence-electron chi connectivity index (χ3n) is 4.52. The van der Waals surface area contributed by atoms with Crippen LogP contribution in [0.4, 0.5) is 0 Å². The molecule has 2 atom stereocenters. The number of rotatable bonds is 3. The second kappa shape index (κ2) is 6.12. The summed E-state index contributed by atoms with van der Waals surface area (Å²) in [4.78, 5) is 17.8. The zero-order chi connectivity index (χ0) is 16.5. The van der Waals surface area contributed by atoms with Crippen molar-refractivity contribution in [3.05, 3.63) is 36.4 Å². The van der Waals surface area contributed by atoms with Crippen LogP contribution in [-0.4, -0.2) is 56.7 Å². The molecular formula is C16H18N4O4. The number of aliphatic hydroxyl groups is 1. The lowest BCUT2D eigenvalue weighted by Gasteiger charge is -2.36. The topological polar surface area (TPSA) is 89.7 Å². The highest BCUT2D eigenvalue weighted by molar-refractivity contribution is 5.76. The van der Waals surface area contributed by atoms with Gasteiger partial charge in [0.05, 0.1) is 6.10 Å². The summed E-state index contributed by atoms with van der Waals surface area (Å²) in [5.74, 6) is 1.36. The van der Waals surface area contributed by atoms with Crippen LogP contribution in [-0.2, 0) is 11.3 Å². The minimum absolute atomic E-state index is 0.0186. The molecule has 0 saturated carbocycles. The lowest BCUT2D eigenvalue weighted by Crippen LogP contribution is -2.46. The van der Waals surface area contributed by atoms with Crippen molar-refractivity contribution >= 4 is 5.91 Å². The SMILES string of the molecule is O=C(Cn1cncn1)N1CC[C@@H](c2ccc3c(c2)OCO3)[C@H](O)C1. The third-order valence-corrected chi connectivity index (χ3v) is 4.52. The van der Waals surface area contributed by atoms with Crippen molar-refractivity contribution in [1.82, 2.24) is 19.7 Å². The summed E-state index contributed by atoms with van der Waals surface area (Å²) in [5.41, 5.74) is 1.01. The zero-order valence-electron chi connectivity index (χ0n) is 13.0.